The van der Waals surface area contributed by atoms with Gasteiger partial charge in [-0.2, -0.15) is 5.10 Å². The summed E-state index contributed by atoms with van der Waals surface area (Å²) in [7, 11) is 0. The molecule has 0 N–H and O–H groups in total. The molecule has 0 saturated carbocycles. The number of nitrogens with zero attached hydrogens (tertiary/aromatic N) is 3. The van der Waals surface area contributed by atoms with Crippen molar-refractivity contribution in [3.8, 4) is 0 Å². The Bertz CT molecular complexity index is 478. The van der Waals surface area contributed by atoms with Crippen LogP contribution in [0.5, 0.6) is 0 Å². The van der Waals surface area contributed by atoms with Gasteiger partial charge in [-0.25, -0.2) is 9.50 Å². The van der Waals surface area contributed by atoms with Crippen molar-refractivity contribution >= 4 is 33.2 Å². The first kappa shape index (κ1) is 8.97. The van der Waals surface area contributed by atoms with Crippen LogP contribution in [-0.2, 0) is 0 Å². The van der Waals surface area contributed by atoms with E-state index in [1.807, 2.05) is 13.8 Å². The zero-order valence-corrected chi connectivity index (χ0v) is 9.52. The van der Waals surface area contributed by atoms with Crippen molar-refractivity contribution in [2.75, 3.05) is 0 Å². The van der Waals surface area contributed by atoms with Crippen LogP contribution in [0.1, 0.15) is 11.3 Å². The van der Waals surface area contributed by atoms with Gasteiger partial charge in [0.05, 0.1) is 10.7 Å². The number of rotatable bonds is 0. The fraction of sp³-hybridized carbons (Fsp3) is 0.250. The van der Waals surface area contributed by atoms with Gasteiger partial charge in [0.1, 0.15) is 5.15 Å². The van der Waals surface area contributed by atoms with E-state index in [1.54, 1.807) is 10.7 Å². The van der Waals surface area contributed by atoms with E-state index in [9.17, 15) is 0 Å². The van der Waals surface area contributed by atoms with E-state index < -0.39 is 0 Å². The summed E-state index contributed by atoms with van der Waals surface area (Å²) in [5, 5.41) is 4.71. The Labute approximate surface area is 88.9 Å². The standard InChI is InChI=1S/C8H7BrClN3/c1-4-5(2)12-8-6(9)3-11-13(8)7(4)10/h3H,1-2H3. The van der Waals surface area contributed by atoms with E-state index >= 15 is 0 Å². The van der Waals surface area contributed by atoms with Crippen LogP contribution in [0.15, 0.2) is 10.7 Å². The van der Waals surface area contributed by atoms with E-state index in [0.29, 0.717) is 5.15 Å². The Kier molecular flexibility index (Phi) is 2.04. The van der Waals surface area contributed by atoms with Gasteiger partial charge >= 0.3 is 0 Å². The van der Waals surface area contributed by atoms with Gasteiger partial charge in [-0.3, -0.25) is 0 Å². The average molecular weight is 261 g/mol. The van der Waals surface area contributed by atoms with Crippen molar-refractivity contribution in [1.29, 1.82) is 0 Å². The average Bonchev–Trinajstić information content (AvgIpc) is 2.45. The molecule has 0 unspecified atom stereocenters. The van der Waals surface area contributed by atoms with Crippen molar-refractivity contribution in [3.05, 3.63) is 27.1 Å². The largest absolute Gasteiger partial charge is 0.232 e. The van der Waals surface area contributed by atoms with Gasteiger partial charge < -0.3 is 0 Å². The van der Waals surface area contributed by atoms with Crippen LogP contribution in [0.25, 0.3) is 5.65 Å². The van der Waals surface area contributed by atoms with Crippen LogP contribution < -0.4 is 0 Å². The summed E-state index contributed by atoms with van der Waals surface area (Å²) >= 11 is 9.44. The summed E-state index contributed by atoms with van der Waals surface area (Å²) in [6.45, 7) is 3.86. The summed E-state index contributed by atoms with van der Waals surface area (Å²) in [5.74, 6) is 0. The minimum Gasteiger partial charge on any atom is -0.232 e. The number of hydrogen-bond donors (Lipinski definition) is 0. The van der Waals surface area contributed by atoms with Gasteiger partial charge in [-0.05, 0) is 29.8 Å². The van der Waals surface area contributed by atoms with Crippen LogP contribution in [0.4, 0.5) is 0 Å². The summed E-state index contributed by atoms with van der Waals surface area (Å²) in [5.41, 5.74) is 2.65. The van der Waals surface area contributed by atoms with Gasteiger partial charge in [-0.1, -0.05) is 11.6 Å². The van der Waals surface area contributed by atoms with Gasteiger partial charge in [0, 0.05) is 11.3 Å². The molecule has 2 rings (SSSR count). The molecule has 0 aliphatic carbocycles. The third kappa shape index (κ3) is 1.25. The summed E-state index contributed by atoms with van der Waals surface area (Å²) in [4.78, 5) is 4.36. The molecule has 5 heteroatoms. The van der Waals surface area contributed by atoms with E-state index in [-0.39, 0.29) is 0 Å². The maximum Gasteiger partial charge on any atom is 0.171 e. The lowest BCUT2D eigenvalue weighted by molar-refractivity contribution is 0.916. The normalized spacial score (nSPS) is 11.1. The lowest BCUT2D eigenvalue weighted by atomic mass is 10.3. The van der Waals surface area contributed by atoms with Crippen LogP contribution in [-0.4, -0.2) is 14.6 Å². The predicted octanol–water partition coefficient (Wildman–Crippen LogP) is 2.76. The van der Waals surface area contributed by atoms with E-state index in [0.717, 1.165) is 21.4 Å². The molecule has 0 saturated heterocycles. The SMILES string of the molecule is Cc1nc2c(Br)cnn2c(Cl)c1C. The molecule has 2 aromatic heterocycles. The molecule has 0 aromatic carbocycles. The summed E-state index contributed by atoms with van der Waals surface area (Å²) in [6, 6.07) is 0. The van der Waals surface area contributed by atoms with Crippen molar-refractivity contribution in [1.82, 2.24) is 14.6 Å². The Hall–Kier alpha value is -0.610. The first-order valence-corrected chi connectivity index (χ1v) is 4.94. The van der Waals surface area contributed by atoms with Gasteiger partial charge in [0.25, 0.3) is 0 Å². The topological polar surface area (TPSA) is 30.2 Å². The Morgan fingerprint density at radius 1 is 1.46 bits per heavy atom. The highest BCUT2D eigenvalue weighted by Crippen LogP contribution is 2.23. The Morgan fingerprint density at radius 3 is 2.85 bits per heavy atom. The second kappa shape index (κ2) is 2.96. The molecule has 2 heterocycles. The quantitative estimate of drug-likeness (QED) is 0.682. The van der Waals surface area contributed by atoms with Crippen LogP contribution in [0.3, 0.4) is 0 Å². The fourth-order valence-electron chi connectivity index (χ4n) is 1.12. The maximum absolute atomic E-state index is 6.08. The van der Waals surface area contributed by atoms with Gasteiger partial charge in [0.2, 0.25) is 0 Å². The Morgan fingerprint density at radius 2 is 2.15 bits per heavy atom. The van der Waals surface area contributed by atoms with Crippen molar-refractivity contribution in [2.24, 2.45) is 0 Å². The molecule has 0 fully saturated rings. The third-order valence-corrected chi connectivity index (χ3v) is 3.02. The first-order valence-electron chi connectivity index (χ1n) is 3.77. The van der Waals surface area contributed by atoms with Gasteiger partial charge in [0.15, 0.2) is 5.65 Å². The van der Waals surface area contributed by atoms with Crippen molar-refractivity contribution in [3.63, 3.8) is 0 Å². The summed E-state index contributed by atoms with van der Waals surface area (Å²) in [6.07, 6.45) is 1.69. The van der Waals surface area contributed by atoms with Crippen molar-refractivity contribution < 1.29 is 0 Å². The van der Waals surface area contributed by atoms with Crippen LogP contribution in [0, 0.1) is 13.8 Å². The molecule has 0 bridgehead atoms. The number of hydrogen-bond acceptors (Lipinski definition) is 2. The number of halogens is 2. The molecule has 0 amide bonds. The number of aromatic nitrogens is 3. The minimum absolute atomic E-state index is 0.619. The molecule has 0 spiro atoms. The molecule has 0 atom stereocenters. The summed E-state index contributed by atoms with van der Waals surface area (Å²) < 4.78 is 2.48. The number of fused-ring (bicyclic) bond motifs is 1. The maximum atomic E-state index is 6.08. The molecule has 2 aromatic rings. The fourth-order valence-corrected chi connectivity index (χ4v) is 1.73. The second-order valence-electron chi connectivity index (χ2n) is 2.84. The zero-order chi connectivity index (χ0) is 9.59. The van der Waals surface area contributed by atoms with Crippen molar-refractivity contribution in [2.45, 2.75) is 13.8 Å². The first-order chi connectivity index (χ1) is 6.11. The van der Waals surface area contributed by atoms with Gasteiger partial charge in [-0.15, -0.1) is 0 Å². The van der Waals surface area contributed by atoms with Crippen LogP contribution >= 0.6 is 27.5 Å². The minimum atomic E-state index is 0.619. The molecular formula is C8H7BrClN3. The molecular weight excluding hydrogens is 253 g/mol. The lowest BCUT2D eigenvalue weighted by Gasteiger charge is -2.03. The van der Waals surface area contributed by atoms with E-state index in [1.165, 1.54) is 0 Å². The molecule has 0 aliphatic heterocycles. The Balaban J connectivity index is 2.96. The molecule has 13 heavy (non-hydrogen) atoms. The third-order valence-electron chi connectivity index (χ3n) is 2.01. The highest BCUT2D eigenvalue weighted by molar-refractivity contribution is 9.10. The smallest absolute Gasteiger partial charge is 0.171 e. The van der Waals surface area contributed by atoms with E-state index in [4.69, 9.17) is 11.6 Å². The highest BCUT2D eigenvalue weighted by atomic mass is 79.9. The monoisotopic (exact) mass is 259 g/mol. The molecule has 0 aliphatic rings. The van der Waals surface area contributed by atoms with Crippen LogP contribution in [0.2, 0.25) is 5.15 Å². The molecule has 3 nitrogen and oxygen atoms in total. The lowest BCUT2D eigenvalue weighted by Crippen LogP contribution is -1.98. The predicted molar refractivity (Wildman–Crippen MR) is 55.2 cm³/mol. The highest BCUT2D eigenvalue weighted by Gasteiger charge is 2.10. The number of aryl methyl sites for hydroxylation is 1. The second-order valence-corrected chi connectivity index (χ2v) is 4.05. The molecule has 68 valence electrons. The molecule has 0 radical (unpaired) electrons. The zero-order valence-electron chi connectivity index (χ0n) is 7.17. The van der Waals surface area contributed by atoms with E-state index in [2.05, 4.69) is 26.0 Å².